The van der Waals surface area contributed by atoms with E-state index in [4.69, 9.17) is 5.21 Å². The zero-order chi connectivity index (χ0) is 7.40. The van der Waals surface area contributed by atoms with Gasteiger partial charge in [-0.05, 0) is 18.2 Å². The Labute approximate surface area is 57.6 Å². The third-order valence-electron chi connectivity index (χ3n) is 0.983. The van der Waals surface area contributed by atoms with E-state index in [-0.39, 0.29) is 5.82 Å². The SMILES string of the molecule is O/N=C\c1[c]ccc(F)c1. The average molecular weight is 138 g/mol. The third-order valence-corrected chi connectivity index (χ3v) is 0.983. The largest absolute Gasteiger partial charge is 0.411 e. The van der Waals surface area contributed by atoms with E-state index >= 15 is 0 Å². The molecule has 1 N–H and O–H groups in total. The third kappa shape index (κ3) is 1.55. The van der Waals surface area contributed by atoms with Crippen LogP contribution in [0.1, 0.15) is 5.56 Å². The standard InChI is InChI=1S/C7H5FNO/c8-7-3-1-2-6(4-7)5-9-10/h1,3-5,10H/b9-5-. The normalized spacial score (nSPS) is 10.5. The van der Waals surface area contributed by atoms with Gasteiger partial charge < -0.3 is 5.21 Å². The number of hydrogen-bond acceptors (Lipinski definition) is 2. The lowest BCUT2D eigenvalue weighted by atomic mass is 10.2. The molecule has 0 unspecified atom stereocenters. The molecule has 0 atom stereocenters. The Hall–Kier alpha value is -1.38. The summed E-state index contributed by atoms with van der Waals surface area (Å²) in [5.74, 6) is -0.367. The molecule has 51 valence electrons. The van der Waals surface area contributed by atoms with E-state index in [2.05, 4.69) is 11.2 Å². The topological polar surface area (TPSA) is 32.6 Å². The highest BCUT2D eigenvalue weighted by molar-refractivity contribution is 5.78. The number of nitrogens with zero attached hydrogens (tertiary/aromatic N) is 1. The predicted molar refractivity (Wildman–Crippen MR) is 34.6 cm³/mol. The van der Waals surface area contributed by atoms with E-state index in [9.17, 15) is 4.39 Å². The molecule has 0 heterocycles. The van der Waals surface area contributed by atoms with Gasteiger partial charge in [-0.15, -0.1) is 0 Å². The van der Waals surface area contributed by atoms with Gasteiger partial charge in [-0.2, -0.15) is 0 Å². The van der Waals surface area contributed by atoms with Crippen molar-refractivity contribution in [1.29, 1.82) is 0 Å². The van der Waals surface area contributed by atoms with E-state index in [1.54, 1.807) is 0 Å². The Morgan fingerprint density at radius 3 is 3.10 bits per heavy atom. The first-order chi connectivity index (χ1) is 4.83. The lowest BCUT2D eigenvalue weighted by Crippen LogP contribution is -1.81. The van der Waals surface area contributed by atoms with Crippen LogP contribution in [0.15, 0.2) is 23.4 Å². The second kappa shape index (κ2) is 2.96. The number of oxime groups is 1. The number of rotatable bonds is 1. The molecule has 0 amide bonds. The first-order valence-corrected chi connectivity index (χ1v) is 2.67. The highest BCUT2D eigenvalue weighted by Crippen LogP contribution is 1.98. The van der Waals surface area contributed by atoms with Crippen LogP contribution in [0.5, 0.6) is 0 Å². The molecule has 0 fully saturated rings. The minimum Gasteiger partial charge on any atom is -0.411 e. The van der Waals surface area contributed by atoms with Gasteiger partial charge in [0.05, 0.1) is 6.21 Å². The monoisotopic (exact) mass is 138 g/mol. The smallest absolute Gasteiger partial charge is 0.123 e. The molecule has 0 saturated carbocycles. The van der Waals surface area contributed by atoms with E-state index in [0.29, 0.717) is 5.56 Å². The van der Waals surface area contributed by atoms with Crippen LogP contribution in [0.3, 0.4) is 0 Å². The molecule has 2 nitrogen and oxygen atoms in total. The second-order valence-electron chi connectivity index (χ2n) is 1.71. The zero-order valence-electron chi connectivity index (χ0n) is 5.08. The van der Waals surface area contributed by atoms with Gasteiger partial charge in [-0.3, -0.25) is 0 Å². The van der Waals surface area contributed by atoms with Crippen molar-refractivity contribution in [2.75, 3.05) is 0 Å². The molecule has 1 aromatic carbocycles. The number of halogens is 1. The predicted octanol–water partition coefficient (Wildman–Crippen LogP) is 1.43. The first-order valence-electron chi connectivity index (χ1n) is 2.67. The summed E-state index contributed by atoms with van der Waals surface area (Å²) in [6, 6.07) is 6.58. The summed E-state index contributed by atoms with van der Waals surface area (Å²) in [6.07, 6.45) is 1.11. The Morgan fingerprint density at radius 1 is 1.70 bits per heavy atom. The molecule has 1 radical (unpaired) electrons. The van der Waals surface area contributed by atoms with Crippen LogP contribution < -0.4 is 0 Å². The van der Waals surface area contributed by atoms with Gasteiger partial charge in [-0.25, -0.2) is 4.39 Å². The lowest BCUT2D eigenvalue weighted by molar-refractivity contribution is 0.322. The van der Waals surface area contributed by atoms with Crippen molar-refractivity contribution in [2.24, 2.45) is 5.16 Å². The van der Waals surface area contributed by atoms with Crippen molar-refractivity contribution in [2.45, 2.75) is 0 Å². The molecule has 0 aliphatic carbocycles. The molecule has 0 saturated heterocycles. The van der Waals surface area contributed by atoms with Crippen LogP contribution in [-0.2, 0) is 0 Å². The van der Waals surface area contributed by atoms with Crippen LogP contribution in [-0.4, -0.2) is 11.4 Å². The van der Waals surface area contributed by atoms with Gasteiger partial charge in [0.2, 0.25) is 0 Å². The highest BCUT2D eigenvalue weighted by Gasteiger charge is 1.89. The molecule has 0 aliphatic rings. The molecule has 10 heavy (non-hydrogen) atoms. The van der Waals surface area contributed by atoms with E-state index < -0.39 is 0 Å². The van der Waals surface area contributed by atoms with Crippen LogP contribution >= 0.6 is 0 Å². The summed E-state index contributed by atoms with van der Waals surface area (Å²) in [6.45, 7) is 0. The molecule has 0 aliphatic heterocycles. The summed E-state index contributed by atoms with van der Waals surface area (Å²) >= 11 is 0. The minimum absolute atomic E-state index is 0.367. The first kappa shape index (κ1) is 6.74. The van der Waals surface area contributed by atoms with Crippen molar-refractivity contribution in [3.63, 3.8) is 0 Å². The molecule has 0 aromatic heterocycles. The maximum absolute atomic E-state index is 12.3. The van der Waals surface area contributed by atoms with Crippen molar-refractivity contribution >= 4 is 6.21 Å². The van der Waals surface area contributed by atoms with Crippen molar-refractivity contribution in [3.05, 3.63) is 35.6 Å². The van der Waals surface area contributed by atoms with E-state index in [1.165, 1.54) is 18.2 Å². The maximum Gasteiger partial charge on any atom is 0.123 e. The van der Waals surface area contributed by atoms with Crippen molar-refractivity contribution < 1.29 is 9.60 Å². The van der Waals surface area contributed by atoms with E-state index in [1.807, 2.05) is 0 Å². The average Bonchev–Trinajstić information content (AvgIpc) is 1.88. The fraction of sp³-hybridized carbons (Fsp3) is 0. The molecular formula is C7H5FNO. The lowest BCUT2D eigenvalue weighted by Gasteiger charge is -1.88. The van der Waals surface area contributed by atoms with Gasteiger partial charge in [0, 0.05) is 5.56 Å². The molecule has 1 rings (SSSR count). The van der Waals surface area contributed by atoms with Gasteiger partial charge >= 0.3 is 0 Å². The second-order valence-corrected chi connectivity index (χ2v) is 1.71. The maximum atomic E-state index is 12.3. The molecule has 0 spiro atoms. The van der Waals surface area contributed by atoms with Crippen molar-refractivity contribution in [3.8, 4) is 0 Å². The Balaban J connectivity index is 2.95. The van der Waals surface area contributed by atoms with Crippen LogP contribution in [0.25, 0.3) is 0 Å². The molecule has 3 heteroatoms. The fourth-order valence-corrected chi connectivity index (χ4v) is 0.593. The van der Waals surface area contributed by atoms with Crippen molar-refractivity contribution in [1.82, 2.24) is 0 Å². The van der Waals surface area contributed by atoms with Crippen LogP contribution in [0, 0.1) is 11.9 Å². The summed E-state index contributed by atoms with van der Waals surface area (Å²) < 4.78 is 12.3. The zero-order valence-corrected chi connectivity index (χ0v) is 5.08. The van der Waals surface area contributed by atoms with Gasteiger partial charge in [-0.1, -0.05) is 11.2 Å². The quantitative estimate of drug-likeness (QED) is 0.355. The number of benzene rings is 1. The minimum atomic E-state index is -0.367. The number of hydrogen-bond donors (Lipinski definition) is 1. The molecular weight excluding hydrogens is 133 g/mol. The summed E-state index contributed by atoms with van der Waals surface area (Å²) in [7, 11) is 0. The van der Waals surface area contributed by atoms with Crippen LogP contribution in [0.4, 0.5) is 4.39 Å². The fourth-order valence-electron chi connectivity index (χ4n) is 0.593. The Kier molecular flexibility index (Phi) is 1.99. The molecule has 1 aromatic rings. The van der Waals surface area contributed by atoms with E-state index in [0.717, 1.165) is 6.21 Å². The summed E-state index contributed by atoms with van der Waals surface area (Å²) in [5, 5.41) is 10.8. The molecule has 0 bridgehead atoms. The Morgan fingerprint density at radius 2 is 2.50 bits per heavy atom. The summed E-state index contributed by atoms with van der Waals surface area (Å²) in [5.41, 5.74) is 0.419. The Bertz CT molecular complexity index is 247. The van der Waals surface area contributed by atoms with Gasteiger partial charge in [0.15, 0.2) is 0 Å². The highest BCUT2D eigenvalue weighted by atomic mass is 19.1. The van der Waals surface area contributed by atoms with Gasteiger partial charge in [0.25, 0.3) is 0 Å². The summed E-state index contributed by atoms with van der Waals surface area (Å²) in [4.78, 5) is 0. The van der Waals surface area contributed by atoms with Gasteiger partial charge in [0.1, 0.15) is 5.82 Å². The van der Waals surface area contributed by atoms with Crippen LogP contribution in [0.2, 0.25) is 0 Å².